The van der Waals surface area contributed by atoms with Gasteiger partial charge in [0.05, 0.1) is 6.21 Å². The maximum absolute atomic E-state index is 12.0. The summed E-state index contributed by atoms with van der Waals surface area (Å²) in [5, 5.41) is 12.4. The number of hydrogen-bond acceptors (Lipinski definition) is 5. The molecule has 25 heavy (non-hydrogen) atoms. The molecular formula is C18H14ClN5O. The third kappa shape index (κ3) is 4.86. The molecule has 124 valence electrons. The Labute approximate surface area is 148 Å². The molecule has 0 amide bonds. The summed E-state index contributed by atoms with van der Waals surface area (Å²) in [4.78, 5) is 14.6. The fraction of sp³-hybridized carbons (Fsp3) is 0. The SMILES string of the molecule is O=c1[nH]c(N/N=C/c2ccc(Cl)cc2)nnc1/C=C/c1ccccc1. The van der Waals surface area contributed by atoms with E-state index in [9.17, 15) is 4.79 Å². The predicted octanol–water partition coefficient (Wildman–Crippen LogP) is 3.43. The van der Waals surface area contributed by atoms with Gasteiger partial charge in [-0.2, -0.15) is 5.10 Å². The van der Waals surface area contributed by atoms with Gasteiger partial charge in [0, 0.05) is 5.02 Å². The summed E-state index contributed by atoms with van der Waals surface area (Å²) in [5.74, 6) is 0.159. The number of rotatable bonds is 5. The Morgan fingerprint density at radius 2 is 1.72 bits per heavy atom. The molecule has 0 bridgehead atoms. The largest absolute Gasteiger partial charge is 0.288 e. The minimum Gasteiger partial charge on any atom is -0.288 e. The lowest BCUT2D eigenvalue weighted by Gasteiger charge is -1.99. The first-order chi connectivity index (χ1) is 12.2. The van der Waals surface area contributed by atoms with Gasteiger partial charge in [-0.25, -0.2) is 5.43 Å². The molecule has 0 spiro atoms. The standard InChI is InChI=1S/C18H14ClN5O/c19-15-9-6-14(7-10-15)12-20-23-18-21-17(25)16(22-24-18)11-8-13-4-2-1-3-5-13/h1-12H,(H2,21,23,24,25)/b11-8+,20-12+. The lowest BCUT2D eigenvalue weighted by atomic mass is 10.2. The molecular weight excluding hydrogens is 338 g/mol. The summed E-state index contributed by atoms with van der Waals surface area (Å²) in [6, 6.07) is 16.8. The van der Waals surface area contributed by atoms with Crippen LogP contribution in [0.1, 0.15) is 16.8 Å². The van der Waals surface area contributed by atoms with Crippen molar-refractivity contribution in [2.45, 2.75) is 0 Å². The third-order valence-corrected chi connectivity index (χ3v) is 3.46. The molecule has 0 saturated heterocycles. The zero-order valence-corrected chi connectivity index (χ0v) is 13.8. The van der Waals surface area contributed by atoms with Crippen molar-refractivity contribution in [2.75, 3.05) is 5.43 Å². The van der Waals surface area contributed by atoms with Crippen LogP contribution in [0.15, 0.2) is 64.5 Å². The van der Waals surface area contributed by atoms with Crippen molar-refractivity contribution in [3.63, 3.8) is 0 Å². The summed E-state index contributed by atoms with van der Waals surface area (Å²) in [5.41, 5.74) is 4.32. The maximum Gasteiger partial charge on any atom is 0.278 e. The lowest BCUT2D eigenvalue weighted by Crippen LogP contribution is -2.15. The van der Waals surface area contributed by atoms with Crippen LogP contribution >= 0.6 is 11.6 Å². The highest BCUT2D eigenvalue weighted by Gasteiger charge is 2.00. The molecule has 0 aliphatic carbocycles. The number of aromatic nitrogens is 3. The molecule has 2 N–H and O–H groups in total. The van der Waals surface area contributed by atoms with Gasteiger partial charge in [-0.05, 0) is 29.3 Å². The van der Waals surface area contributed by atoms with Crippen LogP contribution in [-0.4, -0.2) is 21.4 Å². The number of halogens is 1. The molecule has 3 aromatic rings. The van der Waals surface area contributed by atoms with Gasteiger partial charge in [-0.15, -0.1) is 10.2 Å². The highest BCUT2D eigenvalue weighted by Crippen LogP contribution is 2.08. The first-order valence-electron chi connectivity index (χ1n) is 7.45. The lowest BCUT2D eigenvalue weighted by molar-refractivity contribution is 0.928. The number of anilines is 1. The fourth-order valence-corrected chi connectivity index (χ4v) is 2.09. The molecule has 0 saturated carbocycles. The van der Waals surface area contributed by atoms with E-state index >= 15 is 0 Å². The van der Waals surface area contributed by atoms with E-state index in [-0.39, 0.29) is 17.2 Å². The molecule has 3 rings (SSSR count). The van der Waals surface area contributed by atoms with Gasteiger partial charge >= 0.3 is 0 Å². The summed E-state index contributed by atoms with van der Waals surface area (Å²) >= 11 is 5.81. The highest BCUT2D eigenvalue weighted by atomic mass is 35.5. The van der Waals surface area contributed by atoms with Gasteiger partial charge < -0.3 is 0 Å². The van der Waals surface area contributed by atoms with Gasteiger partial charge in [0.2, 0.25) is 5.95 Å². The second-order valence-electron chi connectivity index (χ2n) is 5.05. The number of hydrazone groups is 1. The third-order valence-electron chi connectivity index (χ3n) is 3.21. The van der Waals surface area contributed by atoms with Crippen LogP contribution < -0.4 is 11.0 Å². The van der Waals surface area contributed by atoms with Crippen molar-refractivity contribution in [2.24, 2.45) is 5.10 Å². The zero-order chi connectivity index (χ0) is 17.5. The van der Waals surface area contributed by atoms with Crippen molar-refractivity contribution < 1.29 is 0 Å². The van der Waals surface area contributed by atoms with Crippen LogP contribution in [0.4, 0.5) is 5.95 Å². The molecule has 0 aliphatic heterocycles. The number of nitrogens with one attached hydrogen (secondary N) is 2. The van der Waals surface area contributed by atoms with E-state index in [0.717, 1.165) is 11.1 Å². The summed E-state index contributed by atoms with van der Waals surface area (Å²) in [7, 11) is 0. The molecule has 1 heterocycles. The molecule has 6 nitrogen and oxygen atoms in total. The van der Waals surface area contributed by atoms with Crippen LogP contribution in [0.2, 0.25) is 5.02 Å². The molecule has 2 aromatic carbocycles. The van der Waals surface area contributed by atoms with E-state index in [1.165, 1.54) is 0 Å². The highest BCUT2D eigenvalue weighted by molar-refractivity contribution is 6.30. The second-order valence-corrected chi connectivity index (χ2v) is 5.49. The quantitative estimate of drug-likeness (QED) is 0.545. The van der Waals surface area contributed by atoms with Crippen LogP contribution in [-0.2, 0) is 0 Å². The van der Waals surface area contributed by atoms with Gasteiger partial charge in [-0.3, -0.25) is 9.78 Å². The topological polar surface area (TPSA) is 83.0 Å². The Kier molecular flexibility index (Phi) is 5.33. The first kappa shape index (κ1) is 16.6. The average molecular weight is 352 g/mol. The van der Waals surface area contributed by atoms with E-state index in [2.05, 4.69) is 25.7 Å². The Morgan fingerprint density at radius 1 is 0.960 bits per heavy atom. The Balaban J connectivity index is 1.66. The van der Waals surface area contributed by atoms with Crippen molar-refractivity contribution >= 4 is 35.9 Å². The maximum atomic E-state index is 12.0. The van der Waals surface area contributed by atoms with Crippen molar-refractivity contribution in [1.82, 2.24) is 15.2 Å². The molecule has 7 heteroatoms. The Bertz CT molecular complexity index is 949. The normalized spacial score (nSPS) is 11.2. The van der Waals surface area contributed by atoms with Crippen molar-refractivity contribution in [1.29, 1.82) is 0 Å². The first-order valence-corrected chi connectivity index (χ1v) is 7.83. The molecule has 0 aliphatic rings. The van der Waals surface area contributed by atoms with Crippen LogP contribution in [0.3, 0.4) is 0 Å². The molecule has 0 unspecified atom stereocenters. The van der Waals surface area contributed by atoms with E-state index in [1.54, 1.807) is 30.5 Å². The van der Waals surface area contributed by atoms with Gasteiger partial charge in [0.15, 0.2) is 5.69 Å². The number of benzene rings is 2. The van der Waals surface area contributed by atoms with Gasteiger partial charge in [-0.1, -0.05) is 60.1 Å². The Hall–Kier alpha value is -3.25. The number of hydrogen-bond donors (Lipinski definition) is 2. The fourth-order valence-electron chi connectivity index (χ4n) is 1.96. The van der Waals surface area contributed by atoms with Crippen LogP contribution in [0, 0.1) is 0 Å². The summed E-state index contributed by atoms with van der Waals surface area (Å²) in [6.45, 7) is 0. The van der Waals surface area contributed by atoms with E-state index in [4.69, 9.17) is 11.6 Å². The predicted molar refractivity (Wildman–Crippen MR) is 101 cm³/mol. The Morgan fingerprint density at radius 3 is 2.44 bits per heavy atom. The molecule has 0 atom stereocenters. The van der Waals surface area contributed by atoms with Crippen molar-refractivity contribution in [3.8, 4) is 0 Å². The van der Waals surface area contributed by atoms with Gasteiger partial charge in [0.25, 0.3) is 5.56 Å². The van der Waals surface area contributed by atoms with E-state index in [1.807, 2.05) is 42.5 Å². The summed E-state index contributed by atoms with van der Waals surface area (Å²) < 4.78 is 0. The van der Waals surface area contributed by atoms with Gasteiger partial charge in [0.1, 0.15) is 0 Å². The molecule has 1 aromatic heterocycles. The summed E-state index contributed by atoms with van der Waals surface area (Å²) in [6.07, 6.45) is 4.99. The van der Waals surface area contributed by atoms with E-state index in [0.29, 0.717) is 5.02 Å². The smallest absolute Gasteiger partial charge is 0.278 e. The minimum absolute atomic E-state index is 0.159. The average Bonchev–Trinajstić information content (AvgIpc) is 2.63. The van der Waals surface area contributed by atoms with Crippen LogP contribution in [0.25, 0.3) is 12.2 Å². The number of nitrogens with zero attached hydrogens (tertiary/aromatic N) is 3. The van der Waals surface area contributed by atoms with Crippen molar-refractivity contribution in [3.05, 3.63) is 86.8 Å². The molecule has 0 radical (unpaired) electrons. The van der Waals surface area contributed by atoms with Crippen LogP contribution in [0.5, 0.6) is 0 Å². The zero-order valence-electron chi connectivity index (χ0n) is 13.1. The second kappa shape index (κ2) is 8.03. The minimum atomic E-state index is -0.355. The molecule has 0 fully saturated rings. The monoisotopic (exact) mass is 351 g/mol. The number of H-pyrrole nitrogens is 1. The number of aromatic amines is 1. The van der Waals surface area contributed by atoms with E-state index < -0.39 is 0 Å².